The van der Waals surface area contributed by atoms with Gasteiger partial charge in [0.25, 0.3) is 0 Å². The number of aliphatic hydroxyl groups excluding tert-OH is 1. The molecule has 1 aromatic rings. The van der Waals surface area contributed by atoms with Crippen molar-refractivity contribution < 1.29 is 31.4 Å². The quantitative estimate of drug-likeness (QED) is 0.814. The first kappa shape index (κ1) is 19.0. The van der Waals surface area contributed by atoms with Crippen LogP contribution in [0.15, 0.2) is 18.2 Å². The molecule has 1 aliphatic rings. The lowest BCUT2D eigenvalue weighted by atomic mass is 9.94. The van der Waals surface area contributed by atoms with Crippen LogP contribution in [0, 0.1) is 0 Å². The molecule has 0 saturated carbocycles. The molecule has 1 heterocycles. The predicted molar refractivity (Wildman–Crippen MR) is 75.3 cm³/mol. The second-order valence-corrected chi connectivity index (χ2v) is 5.61. The zero-order valence-electron chi connectivity index (χ0n) is 12.7. The highest BCUT2D eigenvalue weighted by molar-refractivity contribution is 5.37. The second-order valence-electron chi connectivity index (χ2n) is 5.61. The van der Waals surface area contributed by atoms with Crippen molar-refractivity contribution in [3.05, 3.63) is 34.9 Å². The van der Waals surface area contributed by atoms with Crippen LogP contribution in [0.25, 0.3) is 0 Å². The SMILES string of the molecule is OCC[C@@H](c1ccc(C(F)(F)F)cc1C(F)(F)F)N1CCNCC1. The van der Waals surface area contributed by atoms with Gasteiger partial charge in [-0.2, -0.15) is 26.3 Å². The van der Waals surface area contributed by atoms with Crippen molar-refractivity contribution in [3.8, 4) is 0 Å². The molecule has 0 unspecified atom stereocenters. The molecular weight excluding hydrogens is 338 g/mol. The molecule has 1 saturated heterocycles. The lowest BCUT2D eigenvalue weighted by Gasteiger charge is -2.36. The fourth-order valence-electron chi connectivity index (χ4n) is 2.92. The first-order chi connectivity index (χ1) is 11.1. The van der Waals surface area contributed by atoms with E-state index in [4.69, 9.17) is 0 Å². The van der Waals surface area contributed by atoms with E-state index in [1.807, 2.05) is 0 Å². The lowest BCUT2D eigenvalue weighted by molar-refractivity contribution is -0.143. The summed E-state index contributed by atoms with van der Waals surface area (Å²) in [6, 6.07) is 0.920. The minimum absolute atomic E-state index is 0.0223. The van der Waals surface area contributed by atoms with Gasteiger partial charge in [-0.15, -0.1) is 0 Å². The summed E-state index contributed by atoms with van der Waals surface area (Å²) in [7, 11) is 0. The van der Waals surface area contributed by atoms with E-state index in [1.54, 1.807) is 4.90 Å². The van der Waals surface area contributed by atoms with Crippen LogP contribution in [-0.2, 0) is 12.4 Å². The molecule has 136 valence electrons. The van der Waals surface area contributed by atoms with Gasteiger partial charge in [0.1, 0.15) is 0 Å². The minimum atomic E-state index is -4.90. The summed E-state index contributed by atoms with van der Waals surface area (Å²) in [5.74, 6) is 0. The van der Waals surface area contributed by atoms with E-state index in [1.165, 1.54) is 0 Å². The van der Waals surface area contributed by atoms with Crippen LogP contribution in [0.5, 0.6) is 0 Å². The van der Waals surface area contributed by atoms with Gasteiger partial charge in [-0.1, -0.05) is 6.07 Å². The van der Waals surface area contributed by atoms with Gasteiger partial charge in [0.2, 0.25) is 0 Å². The molecule has 0 bridgehead atoms. The van der Waals surface area contributed by atoms with Crippen LogP contribution in [-0.4, -0.2) is 42.8 Å². The minimum Gasteiger partial charge on any atom is -0.396 e. The Labute approximate surface area is 135 Å². The summed E-state index contributed by atoms with van der Waals surface area (Å²) in [6.45, 7) is 1.71. The van der Waals surface area contributed by atoms with Gasteiger partial charge >= 0.3 is 12.4 Å². The number of aliphatic hydroxyl groups is 1. The van der Waals surface area contributed by atoms with Gasteiger partial charge in [0.05, 0.1) is 11.1 Å². The molecule has 1 aliphatic heterocycles. The van der Waals surface area contributed by atoms with E-state index in [9.17, 15) is 31.4 Å². The van der Waals surface area contributed by atoms with Gasteiger partial charge in [-0.3, -0.25) is 4.90 Å². The molecule has 2 rings (SSSR count). The van der Waals surface area contributed by atoms with Crippen LogP contribution in [0.3, 0.4) is 0 Å². The predicted octanol–water partition coefficient (Wildman–Crippen LogP) is 3.05. The number of benzene rings is 1. The summed E-state index contributed by atoms with van der Waals surface area (Å²) in [5, 5.41) is 12.3. The van der Waals surface area contributed by atoms with E-state index in [0.29, 0.717) is 32.2 Å². The fraction of sp³-hybridized carbons (Fsp3) is 0.600. The van der Waals surface area contributed by atoms with Gasteiger partial charge in [0, 0.05) is 38.8 Å². The van der Waals surface area contributed by atoms with Crippen LogP contribution in [0.4, 0.5) is 26.3 Å². The number of nitrogens with one attached hydrogen (secondary N) is 1. The highest BCUT2D eigenvalue weighted by Gasteiger charge is 2.40. The Morgan fingerprint density at radius 2 is 1.67 bits per heavy atom. The van der Waals surface area contributed by atoms with Crippen LogP contribution < -0.4 is 5.32 Å². The topological polar surface area (TPSA) is 35.5 Å². The molecule has 1 fully saturated rings. The normalized spacial score (nSPS) is 18.6. The maximum atomic E-state index is 13.3. The molecule has 2 N–H and O–H groups in total. The summed E-state index contributed by atoms with van der Waals surface area (Å²) < 4.78 is 78.3. The number of hydrogen-bond donors (Lipinski definition) is 2. The molecule has 3 nitrogen and oxygen atoms in total. The monoisotopic (exact) mass is 356 g/mol. The number of piperazine rings is 1. The molecule has 0 aliphatic carbocycles. The number of halogens is 6. The van der Waals surface area contributed by atoms with Crippen molar-refractivity contribution in [1.29, 1.82) is 0 Å². The Bertz CT molecular complexity index is 552. The Kier molecular flexibility index (Phi) is 5.77. The van der Waals surface area contributed by atoms with Gasteiger partial charge in [-0.05, 0) is 24.1 Å². The van der Waals surface area contributed by atoms with Crippen LogP contribution in [0.1, 0.15) is 29.2 Å². The van der Waals surface area contributed by atoms with E-state index in [-0.39, 0.29) is 24.7 Å². The maximum absolute atomic E-state index is 13.3. The molecule has 1 atom stereocenters. The number of hydrogen-bond acceptors (Lipinski definition) is 3. The van der Waals surface area contributed by atoms with Crippen molar-refractivity contribution in [2.24, 2.45) is 0 Å². The summed E-state index contributed by atoms with van der Waals surface area (Å²) >= 11 is 0. The third-order valence-corrected chi connectivity index (χ3v) is 4.04. The zero-order chi connectivity index (χ0) is 18.0. The van der Waals surface area contributed by atoms with Crippen LogP contribution in [0.2, 0.25) is 0 Å². The highest BCUT2D eigenvalue weighted by Crippen LogP contribution is 2.41. The summed E-state index contributed by atoms with van der Waals surface area (Å²) in [5.41, 5.74) is -2.86. The van der Waals surface area contributed by atoms with Gasteiger partial charge in [-0.25, -0.2) is 0 Å². The standard InChI is InChI=1S/C15H18F6N2O/c16-14(17,18)10-1-2-11(12(9-10)15(19,20)21)13(3-8-24)23-6-4-22-5-7-23/h1-2,9,13,22,24H,3-8H2/t13-/m0/s1. The van der Waals surface area contributed by atoms with Crippen molar-refractivity contribution in [2.75, 3.05) is 32.8 Å². The maximum Gasteiger partial charge on any atom is 0.416 e. The molecule has 0 radical (unpaired) electrons. The Balaban J connectivity index is 2.48. The Morgan fingerprint density at radius 3 is 2.17 bits per heavy atom. The molecule has 24 heavy (non-hydrogen) atoms. The highest BCUT2D eigenvalue weighted by atomic mass is 19.4. The molecule has 9 heteroatoms. The molecule has 0 aromatic heterocycles. The van der Waals surface area contributed by atoms with Gasteiger partial charge in [0.15, 0.2) is 0 Å². The largest absolute Gasteiger partial charge is 0.416 e. The third kappa shape index (κ3) is 4.40. The summed E-state index contributed by atoms with van der Waals surface area (Å²) in [6.07, 6.45) is -9.73. The first-order valence-electron chi connectivity index (χ1n) is 7.48. The first-order valence-corrected chi connectivity index (χ1v) is 7.48. The van der Waals surface area contributed by atoms with E-state index < -0.39 is 29.5 Å². The van der Waals surface area contributed by atoms with Crippen molar-refractivity contribution in [1.82, 2.24) is 10.2 Å². The molecular formula is C15H18F6N2O. The fourth-order valence-corrected chi connectivity index (χ4v) is 2.92. The van der Waals surface area contributed by atoms with Crippen LogP contribution >= 0.6 is 0 Å². The third-order valence-electron chi connectivity index (χ3n) is 4.04. The average Bonchev–Trinajstić information content (AvgIpc) is 2.51. The van der Waals surface area contributed by atoms with Crippen molar-refractivity contribution >= 4 is 0 Å². The number of rotatable bonds is 4. The lowest BCUT2D eigenvalue weighted by Crippen LogP contribution is -2.45. The molecule has 1 aromatic carbocycles. The average molecular weight is 356 g/mol. The van der Waals surface area contributed by atoms with Gasteiger partial charge < -0.3 is 10.4 Å². The van der Waals surface area contributed by atoms with E-state index in [2.05, 4.69) is 5.32 Å². The Morgan fingerprint density at radius 1 is 1.04 bits per heavy atom. The van der Waals surface area contributed by atoms with E-state index in [0.717, 1.165) is 6.07 Å². The zero-order valence-corrected chi connectivity index (χ0v) is 12.7. The smallest absolute Gasteiger partial charge is 0.396 e. The second kappa shape index (κ2) is 7.28. The summed E-state index contributed by atoms with van der Waals surface area (Å²) in [4.78, 5) is 1.75. The Hall–Kier alpha value is -1.32. The number of alkyl halides is 6. The molecule has 0 amide bonds. The number of nitrogens with zero attached hydrogens (tertiary/aromatic N) is 1. The van der Waals surface area contributed by atoms with E-state index >= 15 is 0 Å². The van der Waals surface area contributed by atoms with Crippen molar-refractivity contribution in [2.45, 2.75) is 24.8 Å². The van der Waals surface area contributed by atoms with Crippen molar-refractivity contribution in [3.63, 3.8) is 0 Å². The molecule has 0 spiro atoms.